The fraction of sp³-hybridized carbons (Fsp3) is 0.160. The number of nitrogens with zero attached hydrogens (tertiary/aromatic N) is 2. The van der Waals surface area contributed by atoms with Gasteiger partial charge in [0.2, 0.25) is 5.91 Å². The van der Waals surface area contributed by atoms with Crippen LogP contribution in [0, 0.1) is 0 Å². The zero-order valence-corrected chi connectivity index (χ0v) is 20.0. The number of nitrogens with one attached hydrogen (secondary N) is 2. The molecule has 0 saturated heterocycles. The number of hydrogen-bond acceptors (Lipinski definition) is 7. The summed E-state index contributed by atoms with van der Waals surface area (Å²) in [5.41, 5.74) is 1.87. The van der Waals surface area contributed by atoms with Gasteiger partial charge in [0.1, 0.15) is 5.76 Å². The number of amides is 2. The third-order valence-corrected chi connectivity index (χ3v) is 5.96. The van der Waals surface area contributed by atoms with Crippen molar-refractivity contribution in [1.29, 1.82) is 0 Å². The molecule has 4 aromatic rings. The molecule has 2 amide bonds. The molecule has 4 rings (SSSR count). The van der Waals surface area contributed by atoms with E-state index in [0.717, 1.165) is 5.69 Å². The van der Waals surface area contributed by atoms with Crippen LogP contribution in [-0.2, 0) is 11.3 Å². The lowest BCUT2D eigenvalue weighted by molar-refractivity contribution is -0.113. The molecule has 180 valence electrons. The lowest BCUT2D eigenvalue weighted by atomic mass is 10.2. The van der Waals surface area contributed by atoms with Crippen molar-refractivity contribution < 1.29 is 23.5 Å². The molecule has 2 N–H and O–H groups in total. The SMILES string of the molecule is COc1ccc(NC(=O)CSc2nccn2-c2cccc(C(=O)NCc3ccco3)c2)cc1OC. The van der Waals surface area contributed by atoms with Crippen LogP contribution in [0.4, 0.5) is 5.69 Å². The minimum absolute atomic E-state index is 0.148. The highest BCUT2D eigenvalue weighted by molar-refractivity contribution is 7.99. The third kappa shape index (κ3) is 6.04. The standard InChI is InChI=1S/C25H24N4O5S/c1-32-21-9-8-18(14-22(21)33-2)28-23(30)16-35-25-26-10-11-29(25)19-6-3-5-17(13-19)24(31)27-15-20-7-4-12-34-20/h3-14H,15-16H2,1-2H3,(H,27,31)(H,28,30). The number of aromatic nitrogens is 2. The molecule has 0 aliphatic carbocycles. The Hall–Kier alpha value is -4.18. The number of imidazole rings is 1. The minimum atomic E-state index is -0.216. The highest BCUT2D eigenvalue weighted by Gasteiger charge is 2.13. The molecular weight excluding hydrogens is 468 g/mol. The predicted octanol–water partition coefficient (Wildman–Crippen LogP) is 4.14. The average molecular weight is 493 g/mol. The quantitative estimate of drug-likeness (QED) is 0.320. The maximum absolute atomic E-state index is 12.6. The van der Waals surface area contributed by atoms with Crippen LogP contribution in [0.2, 0.25) is 0 Å². The Bertz CT molecular complexity index is 1300. The van der Waals surface area contributed by atoms with Crippen LogP contribution in [0.25, 0.3) is 5.69 Å². The number of carbonyl (C=O) groups is 2. The Kier molecular flexibility index (Phi) is 7.74. The number of ether oxygens (including phenoxy) is 2. The van der Waals surface area contributed by atoms with Gasteiger partial charge < -0.3 is 24.5 Å². The van der Waals surface area contributed by atoms with Gasteiger partial charge in [0, 0.05) is 35.4 Å². The van der Waals surface area contributed by atoms with Gasteiger partial charge in [-0.15, -0.1) is 0 Å². The fourth-order valence-corrected chi connectivity index (χ4v) is 4.09. The van der Waals surface area contributed by atoms with Gasteiger partial charge in [-0.1, -0.05) is 17.8 Å². The first kappa shape index (κ1) is 24.0. The number of furan rings is 1. The minimum Gasteiger partial charge on any atom is -0.493 e. The molecule has 0 spiro atoms. The smallest absolute Gasteiger partial charge is 0.251 e. The van der Waals surface area contributed by atoms with E-state index in [1.54, 1.807) is 74.3 Å². The number of thioether (sulfide) groups is 1. The van der Waals surface area contributed by atoms with E-state index < -0.39 is 0 Å². The van der Waals surface area contributed by atoms with E-state index >= 15 is 0 Å². The van der Waals surface area contributed by atoms with Gasteiger partial charge >= 0.3 is 0 Å². The lowest BCUT2D eigenvalue weighted by Crippen LogP contribution is -2.22. The van der Waals surface area contributed by atoms with Crippen molar-refractivity contribution in [2.24, 2.45) is 0 Å². The zero-order chi connectivity index (χ0) is 24.6. The second kappa shape index (κ2) is 11.3. The average Bonchev–Trinajstić information content (AvgIpc) is 3.58. The normalized spacial score (nSPS) is 10.6. The van der Waals surface area contributed by atoms with Crippen molar-refractivity contribution in [3.8, 4) is 17.2 Å². The highest BCUT2D eigenvalue weighted by Crippen LogP contribution is 2.30. The molecule has 35 heavy (non-hydrogen) atoms. The molecule has 10 heteroatoms. The summed E-state index contributed by atoms with van der Waals surface area (Å²) in [5.74, 6) is 1.53. The Morgan fingerprint density at radius 1 is 1.06 bits per heavy atom. The molecule has 2 aromatic heterocycles. The monoisotopic (exact) mass is 492 g/mol. The van der Waals surface area contributed by atoms with E-state index in [0.29, 0.717) is 40.2 Å². The van der Waals surface area contributed by atoms with Gasteiger partial charge in [0.05, 0.1) is 32.8 Å². The van der Waals surface area contributed by atoms with Crippen LogP contribution >= 0.6 is 11.8 Å². The van der Waals surface area contributed by atoms with E-state index in [-0.39, 0.29) is 17.6 Å². The molecule has 0 fully saturated rings. The van der Waals surface area contributed by atoms with Crippen molar-refractivity contribution >= 4 is 29.3 Å². The molecule has 0 aliphatic rings. The Balaban J connectivity index is 1.38. The highest BCUT2D eigenvalue weighted by atomic mass is 32.2. The molecule has 0 saturated carbocycles. The molecule has 0 aliphatic heterocycles. The van der Waals surface area contributed by atoms with Crippen molar-refractivity contribution in [1.82, 2.24) is 14.9 Å². The summed E-state index contributed by atoms with van der Waals surface area (Å²) < 4.78 is 17.6. The van der Waals surface area contributed by atoms with E-state index in [1.165, 1.54) is 18.9 Å². The topological polar surface area (TPSA) is 108 Å². The second-order valence-electron chi connectivity index (χ2n) is 7.30. The number of benzene rings is 2. The molecular formula is C25H24N4O5S. The molecule has 0 bridgehead atoms. The van der Waals surface area contributed by atoms with Crippen LogP contribution < -0.4 is 20.1 Å². The van der Waals surface area contributed by atoms with E-state index in [2.05, 4.69) is 15.6 Å². The van der Waals surface area contributed by atoms with Crippen LogP contribution in [-0.4, -0.2) is 41.3 Å². The van der Waals surface area contributed by atoms with Gasteiger partial charge in [0.25, 0.3) is 5.91 Å². The number of rotatable bonds is 10. The molecule has 0 radical (unpaired) electrons. The van der Waals surface area contributed by atoms with Gasteiger partial charge in [-0.05, 0) is 42.5 Å². The second-order valence-corrected chi connectivity index (χ2v) is 8.24. The maximum atomic E-state index is 12.6. The first-order valence-corrected chi connectivity index (χ1v) is 11.6. The van der Waals surface area contributed by atoms with Crippen molar-refractivity contribution in [3.05, 3.63) is 84.6 Å². The molecule has 0 atom stereocenters. The predicted molar refractivity (Wildman–Crippen MR) is 132 cm³/mol. The fourth-order valence-electron chi connectivity index (χ4n) is 3.31. The van der Waals surface area contributed by atoms with Gasteiger partial charge in [-0.25, -0.2) is 4.98 Å². The van der Waals surface area contributed by atoms with Crippen LogP contribution in [0.3, 0.4) is 0 Å². The van der Waals surface area contributed by atoms with E-state index in [4.69, 9.17) is 13.9 Å². The van der Waals surface area contributed by atoms with Gasteiger partial charge in [0.15, 0.2) is 16.7 Å². The van der Waals surface area contributed by atoms with Crippen molar-refractivity contribution in [3.63, 3.8) is 0 Å². The Labute approximate surface area is 206 Å². The lowest BCUT2D eigenvalue weighted by Gasteiger charge is -2.11. The summed E-state index contributed by atoms with van der Waals surface area (Å²) in [7, 11) is 3.09. The summed E-state index contributed by atoms with van der Waals surface area (Å²) in [5, 5.41) is 6.31. The summed E-state index contributed by atoms with van der Waals surface area (Å²) in [4.78, 5) is 29.5. The van der Waals surface area contributed by atoms with Crippen LogP contribution in [0.5, 0.6) is 11.5 Å². The number of carbonyl (C=O) groups excluding carboxylic acids is 2. The number of hydrogen-bond donors (Lipinski definition) is 2. The largest absolute Gasteiger partial charge is 0.493 e. The number of methoxy groups -OCH3 is 2. The first-order chi connectivity index (χ1) is 17.1. The summed E-state index contributed by atoms with van der Waals surface area (Å²) in [6, 6.07) is 15.9. The molecule has 9 nitrogen and oxygen atoms in total. The third-order valence-electron chi connectivity index (χ3n) is 5.00. The summed E-state index contributed by atoms with van der Waals surface area (Å²) in [6.07, 6.45) is 5.00. The molecule has 0 unspecified atom stereocenters. The number of anilines is 1. The van der Waals surface area contributed by atoms with Gasteiger partial charge in [-0.2, -0.15) is 0 Å². The van der Waals surface area contributed by atoms with E-state index in [1.807, 2.05) is 10.6 Å². The molecule has 2 aromatic carbocycles. The summed E-state index contributed by atoms with van der Waals surface area (Å²) in [6.45, 7) is 0.303. The van der Waals surface area contributed by atoms with Crippen molar-refractivity contribution in [2.45, 2.75) is 11.7 Å². The maximum Gasteiger partial charge on any atom is 0.251 e. The Morgan fingerprint density at radius 2 is 1.91 bits per heavy atom. The van der Waals surface area contributed by atoms with Crippen molar-refractivity contribution in [2.75, 3.05) is 25.3 Å². The van der Waals surface area contributed by atoms with Crippen LogP contribution in [0.1, 0.15) is 16.1 Å². The van der Waals surface area contributed by atoms with Gasteiger partial charge in [-0.3, -0.25) is 14.2 Å². The van der Waals surface area contributed by atoms with Crippen LogP contribution in [0.15, 0.2) is 82.8 Å². The Morgan fingerprint density at radius 3 is 2.69 bits per heavy atom. The zero-order valence-electron chi connectivity index (χ0n) is 19.2. The molecule has 2 heterocycles. The van der Waals surface area contributed by atoms with E-state index in [9.17, 15) is 9.59 Å². The summed E-state index contributed by atoms with van der Waals surface area (Å²) >= 11 is 1.29. The first-order valence-electron chi connectivity index (χ1n) is 10.7.